The Bertz CT molecular complexity index is 1250. The highest BCUT2D eigenvalue weighted by molar-refractivity contribution is 7.99. The van der Waals surface area contributed by atoms with Gasteiger partial charge in [0.1, 0.15) is 12.4 Å². The number of rotatable bonds is 9. The van der Waals surface area contributed by atoms with E-state index in [4.69, 9.17) is 4.74 Å². The molecule has 1 amide bonds. The normalized spacial score (nSPS) is 11.2. The molecule has 0 saturated carbocycles. The maximum atomic E-state index is 12.6. The van der Waals surface area contributed by atoms with Crippen LogP contribution in [0.2, 0.25) is 0 Å². The monoisotopic (exact) mass is 460 g/mol. The smallest absolute Gasteiger partial charge is 0.234 e. The Labute approximate surface area is 198 Å². The van der Waals surface area contributed by atoms with Gasteiger partial charge in [-0.25, -0.2) is 0 Å². The zero-order chi connectivity index (χ0) is 23.2. The third kappa shape index (κ3) is 5.37. The van der Waals surface area contributed by atoms with Crippen LogP contribution in [0.5, 0.6) is 5.75 Å². The van der Waals surface area contributed by atoms with Crippen molar-refractivity contribution in [2.75, 3.05) is 11.1 Å². The van der Waals surface area contributed by atoms with E-state index in [0.717, 1.165) is 33.6 Å². The van der Waals surface area contributed by atoms with Gasteiger partial charge < -0.3 is 14.6 Å². The first-order chi connectivity index (χ1) is 16.1. The van der Waals surface area contributed by atoms with Gasteiger partial charge in [0.2, 0.25) is 5.91 Å². The van der Waals surface area contributed by atoms with E-state index in [1.54, 1.807) is 0 Å². The van der Waals surface area contributed by atoms with Crippen molar-refractivity contribution in [3.63, 3.8) is 0 Å². The van der Waals surface area contributed by atoms with Gasteiger partial charge in [-0.15, -0.1) is 10.2 Å². The molecule has 0 aliphatic rings. The van der Waals surface area contributed by atoms with Crippen LogP contribution in [0.1, 0.15) is 38.1 Å². The van der Waals surface area contributed by atoms with Crippen LogP contribution in [0.4, 0.5) is 5.69 Å². The fourth-order valence-electron chi connectivity index (χ4n) is 3.74. The number of carbonyl (C=O) groups excluding carboxylic acids is 1. The molecule has 4 rings (SSSR count). The Morgan fingerprint density at radius 1 is 1.03 bits per heavy atom. The van der Waals surface area contributed by atoms with Crippen LogP contribution >= 0.6 is 11.8 Å². The number of amides is 1. The van der Waals surface area contributed by atoms with E-state index >= 15 is 0 Å². The molecule has 0 fully saturated rings. The fourth-order valence-corrected chi connectivity index (χ4v) is 4.57. The maximum absolute atomic E-state index is 12.6. The number of hydrogen-bond acceptors (Lipinski definition) is 5. The van der Waals surface area contributed by atoms with E-state index in [1.165, 1.54) is 11.8 Å². The zero-order valence-corrected chi connectivity index (χ0v) is 19.9. The quantitative estimate of drug-likeness (QED) is 0.316. The Morgan fingerprint density at radius 2 is 1.79 bits per heavy atom. The highest BCUT2D eigenvalue weighted by Gasteiger charge is 2.15. The first-order valence-corrected chi connectivity index (χ1v) is 12.1. The summed E-state index contributed by atoms with van der Waals surface area (Å²) in [6.45, 7) is 7.27. The topological polar surface area (TPSA) is 69.0 Å². The molecule has 4 aromatic rings. The van der Waals surface area contributed by atoms with E-state index in [1.807, 2.05) is 66.1 Å². The predicted octanol–water partition coefficient (Wildman–Crippen LogP) is 5.88. The number of benzene rings is 3. The third-order valence-electron chi connectivity index (χ3n) is 5.41. The van der Waals surface area contributed by atoms with Crippen LogP contribution < -0.4 is 10.1 Å². The lowest BCUT2D eigenvalue weighted by Crippen LogP contribution is -2.16. The molecule has 0 saturated heterocycles. The molecule has 0 bridgehead atoms. The highest BCUT2D eigenvalue weighted by Crippen LogP contribution is 2.27. The van der Waals surface area contributed by atoms with Crippen LogP contribution in [0.3, 0.4) is 0 Å². The molecule has 33 heavy (non-hydrogen) atoms. The highest BCUT2D eigenvalue weighted by atomic mass is 32.2. The van der Waals surface area contributed by atoms with Crippen molar-refractivity contribution in [3.05, 3.63) is 78.1 Å². The van der Waals surface area contributed by atoms with Gasteiger partial charge in [-0.05, 0) is 35.9 Å². The van der Waals surface area contributed by atoms with Crippen LogP contribution in [-0.4, -0.2) is 26.4 Å². The maximum Gasteiger partial charge on any atom is 0.234 e. The van der Waals surface area contributed by atoms with Crippen molar-refractivity contribution >= 4 is 34.1 Å². The Balaban J connectivity index is 1.40. The SMILES string of the molecule is CCn1c(COc2cccc3ccccc23)nnc1SCC(=O)Nc1ccccc1C(C)C. The molecular weight excluding hydrogens is 432 g/mol. The van der Waals surface area contributed by atoms with Crippen molar-refractivity contribution in [2.45, 2.75) is 45.0 Å². The number of thioether (sulfide) groups is 1. The zero-order valence-electron chi connectivity index (χ0n) is 19.1. The number of nitrogens with one attached hydrogen (secondary N) is 1. The summed E-state index contributed by atoms with van der Waals surface area (Å²) in [6, 6.07) is 22.1. The average Bonchev–Trinajstić information content (AvgIpc) is 3.23. The predicted molar refractivity (Wildman–Crippen MR) is 134 cm³/mol. The van der Waals surface area contributed by atoms with Gasteiger partial charge in [0.25, 0.3) is 0 Å². The van der Waals surface area contributed by atoms with E-state index < -0.39 is 0 Å². The molecule has 0 unspecified atom stereocenters. The van der Waals surface area contributed by atoms with E-state index in [2.05, 4.69) is 41.5 Å². The minimum absolute atomic E-state index is 0.0627. The lowest BCUT2D eigenvalue weighted by molar-refractivity contribution is -0.113. The molecule has 0 radical (unpaired) electrons. The second-order valence-electron chi connectivity index (χ2n) is 7.99. The number of nitrogens with zero attached hydrogens (tertiary/aromatic N) is 3. The van der Waals surface area contributed by atoms with Crippen molar-refractivity contribution < 1.29 is 9.53 Å². The fraction of sp³-hybridized carbons (Fsp3) is 0.269. The summed E-state index contributed by atoms with van der Waals surface area (Å²) >= 11 is 1.38. The molecule has 7 heteroatoms. The van der Waals surface area contributed by atoms with E-state index in [-0.39, 0.29) is 11.7 Å². The summed E-state index contributed by atoms with van der Waals surface area (Å²) in [6.07, 6.45) is 0. The van der Waals surface area contributed by atoms with Crippen molar-refractivity contribution in [1.29, 1.82) is 0 Å². The van der Waals surface area contributed by atoms with Gasteiger partial charge in [0.05, 0.1) is 5.75 Å². The number of anilines is 1. The number of fused-ring (bicyclic) bond motifs is 1. The van der Waals surface area contributed by atoms with E-state index in [9.17, 15) is 4.79 Å². The molecule has 3 aromatic carbocycles. The molecule has 0 spiro atoms. The minimum Gasteiger partial charge on any atom is -0.485 e. The Kier molecular flexibility index (Phi) is 7.29. The first-order valence-electron chi connectivity index (χ1n) is 11.1. The van der Waals surface area contributed by atoms with Crippen molar-refractivity contribution in [1.82, 2.24) is 14.8 Å². The molecule has 1 aromatic heterocycles. The summed E-state index contributed by atoms with van der Waals surface area (Å²) in [5.41, 5.74) is 1.99. The number of para-hydroxylation sites is 1. The van der Waals surface area contributed by atoms with Crippen LogP contribution in [0, 0.1) is 0 Å². The van der Waals surface area contributed by atoms with Crippen LogP contribution in [0.25, 0.3) is 10.8 Å². The van der Waals surface area contributed by atoms with Gasteiger partial charge in [0.15, 0.2) is 11.0 Å². The molecule has 170 valence electrons. The first kappa shape index (κ1) is 22.9. The summed E-state index contributed by atoms with van der Waals surface area (Å²) in [4.78, 5) is 12.6. The number of carbonyl (C=O) groups is 1. The molecule has 0 aliphatic heterocycles. The number of ether oxygens (including phenoxy) is 1. The second kappa shape index (κ2) is 10.5. The Hall–Kier alpha value is -3.32. The molecule has 6 nitrogen and oxygen atoms in total. The van der Waals surface area contributed by atoms with Gasteiger partial charge in [-0.1, -0.05) is 80.2 Å². The number of aromatic nitrogens is 3. The molecule has 1 N–H and O–H groups in total. The van der Waals surface area contributed by atoms with Gasteiger partial charge >= 0.3 is 0 Å². The van der Waals surface area contributed by atoms with Gasteiger partial charge in [-0.2, -0.15) is 0 Å². The molecular formula is C26H28N4O2S. The Morgan fingerprint density at radius 3 is 2.61 bits per heavy atom. The summed E-state index contributed by atoms with van der Waals surface area (Å²) < 4.78 is 8.08. The molecule has 0 atom stereocenters. The van der Waals surface area contributed by atoms with Gasteiger partial charge in [0, 0.05) is 17.6 Å². The average molecular weight is 461 g/mol. The number of hydrogen-bond donors (Lipinski definition) is 1. The second-order valence-corrected chi connectivity index (χ2v) is 8.93. The van der Waals surface area contributed by atoms with E-state index in [0.29, 0.717) is 24.2 Å². The minimum atomic E-state index is -0.0627. The summed E-state index contributed by atoms with van der Waals surface area (Å²) in [5.74, 6) is 2.08. The van der Waals surface area contributed by atoms with Gasteiger partial charge in [-0.3, -0.25) is 4.79 Å². The summed E-state index contributed by atoms with van der Waals surface area (Å²) in [7, 11) is 0. The molecule has 1 heterocycles. The van der Waals surface area contributed by atoms with Crippen LogP contribution in [-0.2, 0) is 17.9 Å². The lowest BCUT2D eigenvalue weighted by atomic mass is 10.0. The standard InChI is InChI=1S/C26H28N4O2S/c1-4-30-24(16-32-23-15-9-11-19-10-5-6-13-21(19)23)28-29-26(30)33-17-25(31)27-22-14-8-7-12-20(22)18(2)3/h5-15,18H,4,16-17H2,1-3H3,(H,27,31). The van der Waals surface area contributed by atoms with Crippen molar-refractivity contribution in [2.24, 2.45) is 0 Å². The molecule has 0 aliphatic carbocycles. The van der Waals surface area contributed by atoms with Crippen LogP contribution in [0.15, 0.2) is 71.9 Å². The van der Waals surface area contributed by atoms with Crippen molar-refractivity contribution in [3.8, 4) is 5.75 Å². The third-order valence-corrected chi connectivity index (χ3v) is 6.37. The lowest BCUT2D eigenvalue weighted by Gasteiger charge is -2.13. The largest absolute Gasteiger partial charge is 0.485 e. The summed E-state index contributed by atoms with van der Waals surface area (Å²) in [5, 5.41) is 14.6.